The lowest BCUT2D eigenvalue weighted by Crippen LogP contribution is -2.32. The molecular formula is C15H32N2. The number of rotatable bonds is 10. The summed E-state index contributed by atoms with van der Waals surface area (Å²) in [6, 6.07) is 0.611. The van der Waals surface area contributed by atoms with E-state index in [1.54, 1.807) is 0 Å². The van der Waals surface area contributed by atoms with Gasteiger partial charge in [-0.05, 0) is 58.0 Å². The van der Waals surface area contributed by atoms with Crippen molar-refractivity contribution in [2.45, 2.75) is 53.0 Å². The van der Waals surface area contributed by atoms with Crippen molar-refractivity contribution in [2.75, 3.05) is 19.6 Å². The Bertz CT molecular complexity index is 187. The Morgan fingerprint density at radius 1 is 1.18 bits per heavy atom. The zero-order valence-electron chi connectivity index (χ0n) is 12.3. The van der Waals surface area contributed by atoms with E-state index in [1.807, 2.05) is 6.08 Å². The van der Waals surface area contributed by atoms with Crippen LogP contribution in [0, 0.1) is 11.8 Å². The van der Waals surface area contributed by atoms with Gasteiger partial charge in [-0.2, -0.15) is 0 Å². The summed E-state index contributed by atoms with van der Waals surface area (Å²) in [4.78, 5) is 2.48. The number of hydrogen-bond acceptors (Lipinski definition) is 2. The molecule has 0 rings (SSSR count). The van der Waals surface area contributed by atoms with E-state index in [0.29, 0.717) is 6.04 Å². The average Bonchev–Trinajstić information content (AvgIpc) is 2.26. The highest BCUT2D eigenvalue weighted by Crippen LogP contribution is 2.20. The quantitative estimate of drug-likeness (QED) is 0.594. The van der Waals surface area contributed by atoms with Crippen molar-refractivity contribution in [1.82, 2.24) is 4.90 Å². The molecule has 0 aromatic rings. The molecule has 0 aliphatic rings. The summed E-state index contributed by atoms with van der Waals surface area (Å²) in [7, 11) is 0. The first kappa shape index (κ1) is 16.7. The van der Waals surface area contributed by atoms with Gasteiger partial charge >= 0.3 is 0 Å². The fourth-order valence-corrected chi connectivity index (χ4v) is 2.31. The molecule has 0 aliphatic carbocycles. The van der Waals surface area contributed by atoms with Gasteiger partial charge in [0.25, 0.3) is 0 Å². The van der Waals surface area contributed by atoms with Crippen LogP contribution >= 0.6 is 0 Å². The Morgan fingerprint density at radius 3 is 2.24 bits per heavy atom. The Labute approximate surface area is 108 Å². The van der Waals surface area contributed by atoms with Crippen molar-refractivity contribution in [3.05, 3.63) is 12.7 Å². The number of hydrogen-bond donors (Lipinski definition) is 1. The molecule has 0 heterocycles. The van der Waals surface area contributed by atoms with Gasteiger partial charge in [0.15, 0.2) is 0 Å². The highest BCUT2D eigenvalue weighted by molar-refractivity contribution is 4.76. The molecule has 0 aromatic carbocycles. The molecule has 17 heavy (non-hydrogen) atoms. The molecule has 0 radical (unpaired) electrons. The van der Waals surface area contributed by atoms with Gasteiger partial charge in [-0.25, -0.2) is 0 Å². The van der Waals surface area contributed by atoms with Crippen LogP contribution in [0.15, 0.2) is 12.7 Å². The van der Waals surface area contributed by atoms with Crippen LogP contribution in [-0.2, 0) is 0 Å². The first-order chi connectivity index (χ1) is 8.02. The van der Waals surface area contributed by atoms with Gasteiger partial charge in [-0.1, -0.05) is 19.9 Å². The van der Waals surface area contributed by atoms with Crippen LogP contribution in [0.5, 0.6) is 0 Å². The van der Waals surface area contributed by atoms with Gasteiger partial charge in [0, 0.05) is 12.6 Å². The van der Waals surface area contributed by atoms with Crippen molar-refractivity contribution < 1.29 is 0 Å². The van der Waals surface area contributed by atoms with E-state index in [0.717, 1.165) is 24.9 Å². The third-order valence-electron chi connectivity index (χ3n) is 3.59. The second kappa shape index (κ2) is 9.67. The highest BCUT2D eigenvalue weighted by Gasteiger charge is 2.13. The topological polar surface area (TPSA) is 29.3 Å². The standard InChI is InChI=1S/C15H32N2/c1-6-11-17(14(4)5)12-7-8-15(9-10-16)13(2)3/h6,13-15H,1,7-12,16H2,2-5H3. The molecular weight excluding hydrogens is 208 g/mol. The zero-order valence-corrected chi connectivity index (χ0v) is 12.3. The summed E-state index contributed by atoms with van der Waals surface area (Å²) >= 11 is 0. The molecule has 1 unspecified atom stereocenters. The third kappa shape index (κ3) is 7.56. The van der Waals surface area contributed by atoms with E-state index in [-0.39, 0.29) is 0 Å². The fraction of sp³-hybridized carbons (Fsp3) is 0.867. The second-order valence-electron chi connectivity index (χ2n) is 5.60. The average molecular weight is 240 g/mol. The smallest absolute Gasteiger partial charge is 0.0163 e. The fourth-order valence-electron chi connectivity index (χ4n) is 2.31. The number of nitrogens with two attached hydrogens (primary N) is 1. The van der Waals surface area contributed by atoms with E-state index in [1.165, 1.54) is 25.8 Å². The molecule has 0 spiro atoms. The van der Waals surface area contributed by atoms with Gasteiger partial charge in [0.2, 0.25) is 0 Å². The predicted molar refractivity (Wildman–Crippen MR) is 78.1 cm³/mol. The maximum absolute atomic E-state index is 5.67. The summed E-state index contributed by atoms with van der Waals surface area (Å²) in [6.45, 7) is 16.0. The lowest BCUT2D eigenvalue weighted by molar-refractivity contribution is 0.226. The van der Waals surface area contributed by atoms with Crippen LogP contribution in [0.2, 0.25) is 0 Å². The van der Waals surface area contributed by atoms with Crippen molar-refractivity contribution in [1.29, 1.82) is 0 Å². The minimum absolute atomic E-state index is 0.611. The second-order valence-corrected chi connectivity index (χ2v) is 5.60. The monoisotopic (exact) mass is 240 g/mol. The molecule has 0 bridgehead atoms. The van der Waals surface area contributed by atoms with E-state index in [4.69, 9.17) is 5.73 Å². The van der Waals surface area contributed by atoms with Gasteiger partial charge in [0.05, 0.1) is 0 Å². The van der Waals surface area contributed by atoms with Crippen molar-refractivity contribution in [2.24, 2.45) is 17.6 Å². The van der Waals surface area contributed by atoms with E-state index in [9.17, 15) is 0 Å². The lowest BCUT2D eigenvalue weighted by atomic mass is 9.88. The maximum atomic E-state index is 5.67. The first-order valence-electron chi connectivity index (χ1n) is 7.07. The van der Waals surface area contributed by atoms with Gasteiger partial charge < -0.3 is 5.73 Å². The predicted octanol–water partition coefficient (Wildman–Crippen LogP) is 3.28. The van der Waals surface area contributed by atoms with E-state index >= 15 is 0 Å². The van der Waals surface area contributed by atoms with E-state index < -0.39 is 0 Å². The molecule has 0 aromatic heterocycles. The molecule has 2 heteroatoms. The minimum Gasteiger partial charge on any atom is -0.330 e. The minimum atomic E-state index is 0.611. The Hall–Kier alpha value is -0.340. The summed E-state index contributed by atoms with van der Waals surface area (Å²) in [5.74, 6) is 1.54. The van der Waals surface area contributed by atoms with Crippen LogP contribution in [-0.4, -0.2) is 30.6 Å². The maximum Gasteiger partial charge on any atom is 0.0163 e. The molecule has 0 amide bonds. The summed E-state index contributed by atoms with van der Waals surface area (Å²) < 4.78 is 0. The molecule has 1 atom stereocenters. The molecule has 0 aliphatic heterocycles. The lowest BCUT2D eigenvalue weighted by Gasteiger charge is -2.27. The summed E-state index contributed by atoms with van der Waals surface area (Å²) in [5, 5.41) is 0. The molecule has 102 valence electrons. The van der Waals surface area contributed by atoms with Crippen LogP contribution < -0.4 is 5.73 Å². The number of nitrogens with zero attached hydrogens (tertiary/aromatic N) is 1. The van der Waals surface area contributed by atoms with Gasteiger partial charge in [-0.15, -0.1) is 6.58 Å². The van der Waals surface area contributed by atoms with Crippen LogP contribution in [0.25, 0.3) is 0 Å². The van der Waals surface area contributed by atoms with Crippen LogP contribution in [0.1, 0.15) is 47.0 Å². The Kier molecular flexibility index (Phi) is 9.47. The van der Waals surface area contributed by atoms with Crippen molar-refractivity contribution >= 4 is 0 Å². The first-order valence-corrected chi connectivity index (χ1v) is 7.07. The normalized spacial score (nSPS) is 13.6. The van der Waals surface area contributed by atoms with Crippen LogP contribution in [0.3, 0.4) is 0 Å². The zero-order chi connectivity index (χ0) is 13.3. The SMILES string of the molecule is C=CCN(CCCC(CCN)C(C)C)C(C)C. The molecule has 0 saturated carbocycles. The Balaban J connectivity index is 3.95. The molecule has 2 N–H and O–H groups in total. The molecule has 0 saturated heterocycles. The highest BCUT2D eigenvalue weighted by atomic mass is 15.1. The van der Waals surface area contributed by atoms with Crippen molar-refractivity contribution in [3.63, 3.8) is 0 Å². The summed E-state index contributed by atoms with van der Waals surface area (Å²) in [6.07, 6.45) is 5.74. The molecule has 0 fully saturated rings. The van der Waals surface area contributed by atoms with E-state index in [2.05, 4.69) is 39.2 Å². The Morgan fingerprint density at radius 2 is 1.82 bits per heavy atom. The van der Waals surface area contributed by atoms with Crippen LogP contribution in [0.4, 0.5) is 0 Å². The largest absolute Gasteiger partial charge is 0.330 e. The van der Waals surface area contributed by atoms with Gasteiger partial charge in [0.1, 0.15) is 0 Å². The third-order valence-corrected chi connectivity index (χ3v) is 3.59. The molecule has 2 nitrogen and oxygen atoms in total. The van der Waals surface area contributed by atoms with Crippen molar-refractivity contribution in [3.8, 4) is 0 Å². The summed E-state index contributed by atoms with van der Waals surface area (Å²) in [5.41, 5.74) is 5.67. The van der Waals surface area contributed by atoms with Gasteiger partial charge in [-0.3, -0.25) is 4.90 Å².